The number of carbonyl (C=O) groups excluding carboxylic acids is 2. The van der Waals surface area contributed by atoms with Crippen LogP contribution in [-0.2, 0) is 20.9 Å². The van der Waals surface area contributed by atoms with Gasteiger partial charge in [0.2, 0.25) is 0 Å². The summed E-state index contributed by atoms with van der Waals surface area (Å²) in [6.07, 6.45) is 2.65. The number of rotatable bonds is 11. The number of ether oxygens (including phenoxy) is 3. The van der Waals surface area contributed by atoms with Gasteiger partial charge in [0.1, 0.15) is 35.3 Å². The Morgan fingerprint density at radius 1 is 0.981 bits per heavy atom. The van der Waals surface area contributed by atoms with Gasteiger partial charge in [-0.05, 0) is 85.0 Å². The molecule has 2 aliphatic heterocycles. The Balaban J connectivity index is 1.28. The second-order valence-electron chi connectivity index (χ2n) is 16.8. The summed E-state index contributed by atoms with van der Waals surface area (Å²) < 4.78 is 19.4. The van der Waals surface area contributed by atoms with Crippen molar-refractivity contribution in [2.24, 2.45) is 4.99 Å². The fourth-order valence-electron chi connectivity index (χ4n) is 6.08. The van der Waals surface area contributed by atoms with E-state index in [1.165, 1.54) is 0 Å². The van der Waals surface area contributed by atoms with Crippen LogP contribution in [0.3, 0.4) is 0 Å². The number of imidazole rings is 1. The van der Waals surface area contributed by atoms with Crippen molar-refractivity contribution in [3.63, 3.8) is 0 Å². The number of amides is 2. The molecule has 0 saturated carbocycles. The Labute approximate surface area is 309 Å². The van der Waals surface area contributed by atoms with Gasteiger partial charge in [0, 0.05) is 26.8 Å². The molecule has 13 nitrogen and oxygen atoms in total. The first-order valence-electron chi connectivity index (χ1n) is 18.2. The molecule has 3 aromatic rings. The fraction of sp³-hybridized carbons (Fsp3) is 0.579. The van der Waals surface area contributed by atoms with Gasteiger partial charge in [-0.3, -0.25) is 9.89 Å². The number of hydrogen-bond acceptors (Lipinski definition) is 10. The number of aliphatic imine (C=N–C) groups is 1. The van der Waals surface area contributed by atoms with E-state index in [1.54, 1.807) is 11.1 Å². The lowest BCUT2D eigenvalue weighted by Crippen LogP contribution is -2.45. The van der Waals surface area contributed by atoms with Crippen molar-refractivity contribution in [2.45, 2.75) is 123 Å². The average molecular weight is 733 g/mol. The predicted octanol–water partition coefficient (Wildman–Crippen LogP) is 7.35. The molecule has 1 aromatic carbocycles. The number of aromatic nitrogens is 4. The highest BCUT2D eigenvalue weighted by Gasteiger charge is 2.36. The molecule has 2 amide bonds. The van der Waals surface area contributed by atoms with Crippen molar-refractivity contribution in [3.05, 3.63) is 54.0 Å². The molecule has 1 unspecified atom stereocenters. The van der Waals surface area contributed by atoms with Crippen LogP contribution in [0.25, 0.3) is 22.6 Å². The molecule has 4 heterocycles. The lowest BCUT2D eigenvalue weighted by atomic mass is 10.0. The molecule has 1 saturated heterocycles. The predicted molar refractivity (Wildman–Crippen MR) is 205 cm³/mol. The molecule has 0 spiro atoms. The van der Waals surface area contributed by atoms with Crippen LogP contribution in [0.1, 0.15) is 84.8 Å². The van der Waals surface area contributed by atoms with Gasteiger partial charge in [0.15, 0.2) is 0 Å². The zero-order valence-corrected chi connectivity index (χ0v) is 33.4. The maximum Gasteiger partial charge on any atom is 0.410 e. The highest BCUT2D eigenvalue weighted by atomic mass is 28.3. The fourth-order valence-corrected chi connectivity index (χ4v) is 6.83. The maximum absolute atomic E-state index is 13.2. The lowest BCUT2D eigenvalue weighted by Gasteiger charge is -2.29. The first kappa shape index (κ1) is 38.9. The van der Waals surface area contributed by atoms with E-state index in [0.717, 1.165) is 53.1 Å². The third-order valence-corrected chi connectivity index (χ3v) is 10.4. The lowest BCUT2D eigenvalue weighted by molar-refractivity contribution is 0.0204. The minimum Gasteiger partial charge on any atom is -0.444 e. The Hall–Kier alpha value is -4.30. The first-order valence-corrected chi connectivity index (χ1v) is 22.0. The van der Waals surface area contributed by atoms with Gasteiger partial charge >= 0.3 is 12.2 Å². The molecule has 0 bridgehead atoms. The normalized spacial score (nSPS) is 18.5. The summed E-state index contributed by atoms with van der Waals surface area (Å²) in [5, 5.41) is 15.5. The van der Waals surface area contributed by atoms with Crippen LogP contribution in [0, 0.1) is 0 Å². The second kappa shape index (κ2) is 15.7. The van der Waals surface area contributed by atoms with Crippen molar-refractivity contribution in [2.75, 3.05) is 19.7 Å². The molecular weight excluding hydrogens is 677 g/mol. The smallest absolute Gasteiger partial charge is 0.410 e. The Morgan fingerprint density at radius 2 is 1.65 bits per heavy atom. The van der Waals surface area contributed by atoms with E-state index in [4.69, 9.17) is 19.2 Å². The Bertz CT molecular complexity index is 1720. The summed E-state index contributed by atoms with van der Waals surface area (Å²) in [6, 6.07) is 12.6. The van der Waals surface area contributed by atoms with Crippen molar-refractivity contribution in [3.8, 4) is 22.6 Å². The third-order valence-electron chi connectivity index (χ3n) is 8.73. The number of hydrogen-bond donors (Lipinski definition) is 2. The van der Waals surface area contributed by atoms with Crippen LogP contribution in [-0.4, -0.2) is 87.7 Å². The number of carbonyl (C=O) groups is 2. The van der Waals surface area contributed by atoms with E-state index >= 15 is 0 Å². The largest absolute Gasteiger partial charge is 0.444 e. The molecule has 52 heavy (non-hydrogen) atoms. The van der Waals surface area contributed by atoms with E-state index in [0.29, 0.717) is 32.1 Å². The highest BCUT2D eigenvalue weighted by molar-refractivity contribution is 6.76. The van der Waals surface area contributed by atoms with Gasteiger partial charge in [-0.25, -0.2) is 14.6 Å². The standard InChI is InChI=1S/C38H56N8O5Si/c1-25(41-35(47)50-37(2,3)4)33-39-22-30(42-33)27-15-13-26(14-16-27)28-17-18-29(44-43-28)32-23-40-34(46(32)24-49-20-21-52(8,9)10)31-12-11-19-45(31)36(48)51-38(5,6)7/h13-18,23,25,30-31H,11-12,19-22,24H2,1-10H3,(H,39,42)(H,41,47)/t25-,30?,31-/m0/s1. The molecule has 0 radical (unpaired) electrons. The topological polar surface area (TPSA) is 145 Å². The van der Waals surface area contributed by atoms with Crippen LogP contribution in [0.2, 0.25) is 25.7 Å². The first-order chi connectivity index (χ1) is 24.4. The zero-order chi connectivity index (χ0) is 37.8. The zero-order valence-electron chi connectivity index (χ0n) is 32.4. The van der Waals surface area contributed by atoms with Crippen LogP contribution in [0.5, 0.6) is 0 Å². The molecule has 2 aliphatic rings. The average Bonchev–Trinajstić information content (AvgIpc) is 3.81. The molecule has 282 valence electrons. The molecule has 0 aliphatic carbocycles. The molecule has 14 heteroatoms. The molecular formula is C38H56N8O5Si. The van der Waals surface area contributed by atoms with Gasteiger partial charge in [-0.2, -0.15) is 0 Å². The maximum atomic E-state index is 13.2. The molecule has 5 rings (SSSR count). The Kier molecular flexibility index (Phi) is 11.8. The van der Waals surface area contributed by atoms with Gasteiger partial charge in [-0.15, -0.1) is 10.2 Å². The Morgan fingerprint density at radius 3 is 2.29 bits per heavy atom. The highest BCUT2D eigenvalue weighted by Crippen LogP contribution is 2.35. The van der Waals surface area contributed by atoms with E-state index < -0.39 is 25.4 Å². The van der Waals surface area contributed by atoms with Gasteiger partial charge in [-0.1, -0.05) is 43.9 Å². The SMILES string of the molecule is C[C@H](NC(=O)OC(C)(C)C)C1=NCC(c2ccc(-c3ccc(-c4cnc([C@@H]5CCCN5C(=O)OC(C)(C)C)n4COCC[Si](C)(C)C)nn3)cc2)N1. The number of benzene rings is 1. The summed E-state index contributed by atoms with van der Waals surface area (Å²) in [6.45, 7) is 22.2. The molecule has 2 N–H and O–H groups in total. The van der Waals surface area contributed by atoms with Gasteiger partial charge in [0.25, 0.3) is 0 Å². The van der Waals surface area contributed by atoms with Crippen molar-refractivity contribution in [1.82, 2.24) is 35.3 Å². The summed E-state index contributed by atoms with van der Waals surface area (Å²) in [5.41, 5.74) is 3.05. The number of likely N-dealkylation sites (tertiary alicyclic amines) is 1. The summed E-state index contributed by atoms with van der Waals surface area (Å²) >= 11 is 0. The van der Waals surface area contributed by atoms with Crippen LogP contribution in [0.4, 0.5) is 9.59 Å². The van der Waals surface area contributed by atoms with E-state index in [9.17, 15) is 9.59 Å². The number of amidine groups is 1. The number of nitrogens with one attached hydrogen (secondary N) is 2. The van der Waals surface area contributed by atoms with E-state index in [1.807, 2.05) is 77.3 Å². The second-order valence-corrected chi connectivity index (χ2v) is 22.4. The summed E-state index contributed by atoms with van der Waals surface area (Å²) in [7, 11) is -1.28. The van der Waals surface area contributed by atoms with Crippen LogP contribution < -0.4 is 10.6 Å². The minimum atomic E-state index is -1.28. The van der Waals surface area contributed by atoms with Crippen molar-refractivity contribution >= 4 is 26.1 Å². The summed E-state index contributed by atoms with van der Waals surface area (Å²) in [4.78, 5) is 36.6. The third kappa shape index (κ3) is 10.4. The van der Waals surface area contributed by atoms with E-state index in [2.05, 4.69) is 57.6 Å². The van der Waals surface area contributed by atoms with Gasteiger partial charge in [0.05, 0.1) is 42.3 Å². The quantitative estimate of drug-likeness (QED) is 0.153. The summed E-state index contributed by atoms with van der Waals surface area (Å²) in [5.74, 6) is 1.48. The molecule has 3 atom stereocenters. The molecule has 1 fully saturated rings. The molecule has 2 aromatic heterocycles. The van der Waals surface area contributed by atoms with E-state index in [-0.39, 0.29) is 24.2 Å². The van der Waals surface area contributed by atoms with Crippen molar-refractivity contribution in [1.29, 1.82) is 0 Å². The number of nitrogens with zero attached hydrogens (tertiary/aromatic N) is 6. The minimum absolute atomic E-state index is 0.00560. The monoisotopic (exact) mass is 732 g/mol. The van der Waals surface area contributed by atoms with Crippen LogP contribution in [0.15, 0.2) is 47.6 Å². The van der Waals surface area contributed by atoms with Crippen LogP contribution >= 0.6 is 0 Å². The number of alkyl carbamates (subject to hydrolysis) is 1. The van der Waals surface area contributed by atoms with Crippen molar-refractivity contribution < 1.29 is 23.8 Å². The van der Waals surface area contributed by atoms with Gasteiger partial charge < -0.3 is 29.4 Å².